The first kappa shape index (κ1) is 16.8. The number of pyridine rings is 1. The Kier molecular flexibility index (Phi) is 5.17. The average molecular weight is 358 g/mol. The van der Waals surface area contributed by atoms with Crippen LogP contribution in [0.5, 0.6) is 0 Å². The summed E-state index contributed by atoms with van der Waals surface area (Å²) in [6.07, 6.45) is 7.84. The van der Waals surface area contributed by atoms with Crippen LogP contribution in [0.4, 0.5) is 10.8 Å². The number of hydrogen-bond donors (Lipinski definition) is 0. The summed E-state index contributed by atoms with van der Waals surface area (Å²) < 4.78 is 0. The fraction of sp³-hybridized carbons (Fsp3) is 0.579. The first-order valence-corrected chi connectivity index (χ1v) is 10.2. The fourth-order valence-electron chi connectivity index (χ4n) is 3.76. The van der Waals surface area contributed by atoms with Crippen molar-refractivity contribution in [2.45, 2.75) is 32.7 Å². The van der Waals surface area contributed by atoms with E-state index >= 15 is 0 Å². The molecule has 0 atom stereocenters. The van der Waals surface area contributed by atoms with Crippen molar-refractivity contribution in [1.29, 1.82) is 0 Å². The normalized spacial score (nSPS) is 19.4. The van der Waals surface area contributed by atoms with Crippen LogP contribution in [0.3, 0.4) is 0 Å². The summed E-state index contributed by atoms with van der Waals surface area (Å²) in [5.74, 6) is 0. The molecule has 6 heteroatoms. The summed E-state index contributed by atoms with van der Waals surface area (Å²) in [6, 6.07) is 4.33. The zero-order chi connectivity index (χ0) is 17.1. The minimum absolute atomic E-state index is 1.04. The maximum absolute atomic E-state index is 4.66. The van der Waals surface area contributed by atoms with E-state index in [1.165, 1.54) is 48.0 Å². The zero-order valence-electron chi connectivity index (χ0n) is 15.0. The molecule has 0 radical (unpaired) electrons. The number of aryl methyl sites for hydroxylation is 1. The second kappa shape index (κ2) is 7.70. The van der Waals surface area contributed by atoms with Crippen LogP contribution in [0.1, 0.15) is 29.8 Å². The average Bonchev–Trinajstić information content (AvgIpc) is 3.24. The van der Waals surface area contributed by atoms with Gasteiger partial charge in [0.1, 0.15) is 0 Å². The topological polar surface area (TPSA) is 35.5 Å². The number of aromatic nitrogens is 2. The lowest BCUT2D eigenvalue weighted by atomic mass is 10.3. The number of hydrogen-bond acceptors (Lipinski definition) is 6. The SMILES string of the molecule is Cc1cc(N2CCCN(Cc3cnc(N4CCCC4)s3)CC2)ccn1. The Bertz CT molecular complexity index is 695. The Morgan fingerprint density at radius 3 is 2.64 bits per heavy atom. The number of thiazole rings is 1. The van der Waals surface area contributed by atoms with E-state index in [9.17, 15) is 0 Å². The van der Waals surface area contributed by atoms with Crippen LogP contribution in [-0.4, -0.2) is 54.1 Å². The molecule has 5 nitrogen and oxygen atoms in total. The molecule has 4 heterocycles. The Hall–Kier alpha value is -1.66. The van der Waals surface area contributed by atoms with Gasteiger partial charge in [-0.2, -0.15) is 0 Å². The molecule has 0 aliphatic carbocycles. The third-order valence-corrected chi connectivity index (χ3v) is 6.17. The van der Waals surface area contributed by atoms with Gasteiger partial charge in [0, 0.05) is 74.5 Å². The molecular weight excluding hydrogens is 330 g/mol. The van der Waals surface area contributed by atoms with Gasteiger partial charge in [-0.3, -0.25) is 9.88 Å². The monoisotopic (exact) mass is 357 g/mol. The molecule has 2 aliphatic rings. The summed E-state index contributed by atoms with van der Waals surface area (Å²) in [7, 11) is 0. The van der Waals surface area contributed by atoms with E-state index in [2.05, 4.69) is 49.9 Å². The molecule has 0 aromatic carbocycles. The number of rotatable bonds is 4. The highest BCUT2D eigenvalue weighted by Crippen LogP contribution is 2.27. The largest absolute Gasteiger partial charge is 0.370 e. The third-order valence-electron chi connectivity index (χ3n) is 5.13. The van der Waals surface area contributed by atoms with Gasteiger partial charge >= 0.3 is 0 Å². The van der Waals surface area contributed by atoms with E-state index in [1.54, 1.807) is 0 Å². The molecule has 2 saturated heterocycles. The van der Waals surface area contributed by atoms with E-state index in [1.807, 2.05) is 17.5 Å². The number of nitrogens with zero attached hydrogens (tertiary/aromatic N) is 5. The van der Waals surface area contributed by atoms with Crippen molar-refractivity contribution in [1.82, 2.24) is 14.9 Å². The lowest BCUT2D eigenvalue weighted by Gasteiger charge is -2.23. The minimum atomic E-state index is 1.04. The van der Waals surface area contributed by atoms with Crippen LogP contribution >= 0.6 is 11.3 Å². The quantitative estimate of drug-likeness (QED) is 0.840. The standard InChI is InChI=1S/C19H27N5S/c1-16-13-17(5-6-20-16)23-10-4-7-22(11-12-23)15-18-14-21-19(25-18)24-8-2-3-9-24/h5-6,13-14H,2-4,7-12,15H2,1H3. The predicted molar refractivity (Wildman–Crippen MR) is 105 cm³/mol. The predicted octanol–water partition coefficient (Wildman–Crippen LogP) is 3.16. The summed E-state index contributed by atoms with van der Waals surface area (Å²) >= 11 is 1.88. The van der Waals surface area contributed by atoms with E-state index in [0.717, 1.165) is 38.4 Å². The molecule has 0 unspecified atom stereocenters. The zero-order valence-corrected chi connectivity index (χ0v) is 15.8. The lowest BCUT2D eigenvalue weighted by Crippen LogP contribution is -2.30. The Balaban J connectivity index is 1.35. The first-order chi connectivity index (χ1) is 12.3. The highest BCUT2D eigenvalue weighted by molar-refractivity contribution is 7.15. The van der Waals surface area contributed by atoms with Gasteiger partial charge in [0.15, 0.2) is 5.13 Å². The molecule has 0 spiro atoms. The molecule has 2 aliphatic heterocycles. The molecule has 2 aromatic heterocycles. The molecule has 25 heavy (non-hydrogen) atoms. The van der Waals surface area contributed by atoms with E-state index in [-0.39, 0.29) is 0 Å². The third kappa shape index (κ3) is 4.12. The summed E-state index contributed by atoms with van der Waals surface area (Å²) in [4.78, 5) is 17.9. The number of anilines is 2. The van der Waals surface area contributed by atoms with Gasteiger partial charge in [-0.1, -0.05) is 0 Å². The van der Waals surface area contributed by atoms with Gasteiger partial charge in [0.05, 0.1) is 0 Å². The molecule has 2 fully saturated rings. The summed E-state index contributed by atoms with van der Waals surface area (Å²) in [5, 5.41) is 1.22. The minimum Gasteiger partial charge on any atom is -0.370 e. The second-order valence-electron chi connectivity index (χ2n) is 7.08. The highest BCUT2D eigenvalue weighted by atomic mass is 32.1. The van der Waals surface area contributed by atoms with Gasteiger partial charge in [0.25, 0.3) is 0 Å². The Labute approximate surface area is 154 Å². The van der Waals surface area contributed by atoms with Gasteiger partial charge in [-0.05, 0) is 38.3 Å². The molecule has 0 N–H and O–H groups in total. The maximum Gasteiger partial charge on any atom is 0.185 e. The molecule has 4 rings (SSSR count). The Morgan fingerprint density at radius 1 is 0.960 bits per heavy atom. The van der Waals surface area contributed by atoms with Gasteiger partial charge in [-0.15, -0.1) is 11.3 Å². The van der Waals surface area contributed by atoms with Gasteiger partial charge < -0.3 is 9.80 Å². The van der Waals surface area contributed by atoms with Crippen molar-refractivity contribution >= 4 is 22.2 Å². The van der Waals surface area contributed by atoms with Crippen molar-refractivity contribution in [2.75, 3.05) is 49.1 Å². The van der Waals surface area contributed by atoms with Crippen LogP contribution in [0.25, 0.3) is 0 Å². The van der Waals surface area contributed by atoms with Crippen LogP contribution in [-0.2, 0) is 6.54 Å². The molecule has 0 bridgehead atoms. The first-order valence-electron chi connectivity index (χ1n) is 9.37. The van der Waals surface area contributed by atoms with Crippen molar-refractivity contribution < 1.29 is 0 Å². The molecule has 0 saturated carbocycles. The van der Waals surface area contributed by atoms with Gasteiger partial charge in [-0.25, -0.2) is 4.98 Å². The van der Waals surface area contributed by atoms with Gasteiger partial charge in [0.2, 0.25) is 0 Å². The van der Waals surface area contributed by atoms with Crippen molar-refractivity contribution in [2.24, 2.45) is 0 Å². The van der Waals surface area contributed by atoms with E-state index < -0.39 is 0 Å². The van der Waals surface area contributed by atoms with E-state index in [0.29, 0.717) is 0 Å². The fourth-order valence-corrected chi connectivity index (χ4v) is 4.76. The second-order valence-corrected chi connectivity index (χ2v) is 8.17. The van der Waals surface area contributed by atoms with E-state index in [4.69, 9.17) is 0 Å². The summed E-state index contributed by atoms with van der Waals surface area (Å²) in [5.41, 5.74) is 2.40. The molecule has 2 aromatic rings. The highest BCUT2D eigenvalue weighted by Gasteiger charge is 2.19. The van der Waals surface area contributed by atoms with Crippen LogP contribution in [0, 0.1) is 6.92 Å². The molecule has 0 amide bonds. The van der Waals surface area contributed by atoms with Crippen molar-refractivity contribution in [3.63, 3.8) is 0 Å². The van der Waals surface area contributed by atoms with Crippen LogP contribution < -0.4 is 9.80 Å². The van der Waals surface area contributed by atoms with Crippen LogP contribution in [0.2, 0.25) is 0 Å². The lowest BCUT2D eigenvalue weighted by molar-refractivity contribution is 0.288. The van der Waals surface area contributed by atoms with Crippen molar-refractivity contribution in [3.05, 3.63) is 35.1 Å². The molecule has 134 valence electrons. The van der Waals surface area contributed by atoms with Crippen LogP contribution in [0.15, 0.2) is 24.5 Å². The molecular formula is C19H27N5S. The smallest absolute Gasteiger partial charge is 0.185 e. The summed E-state index contributed by atoms with van der Waals surface area (Å²) in [6.45, 7) is 9.94. The Morgan fingerprint density at radius 2 is 1.80 bits per heavy atom. The van der Waals surface area contributed by atoms with Crippen molar-refractivity contribution in [3.8, 4) is 0 Å². The maximum atomic E-state index is 4.66.